The Balaban J connectivity index is 2.45. The highest BCUT2D eigenvalue weighted by Crippen LogP contribution is 2.19. The van der Waals surface area contributed by atoms with Gasteiger partial charge in [-0.25, -0.2) is 9.59 Å². The van der Waals surface area contributed by atoms with Crippen LogP contribution < -0.4 is 16.0 Å². The van der Waals surface area contributed by atoms with Crippen molar-refractivity contribution in [1.82, 2.24) is 16.0 Å². The molecule has 1 heterocycles. The average molecular weight is 271 g/mol. The molecule has 0 aromatic carbocycles. The van der Waals surface area contributed by atoms with Crippen molar-refractivity contribution in [1.29, 1.82) is 0 Å². The minimum atomic E-state index is -0.938. The lowest BCUT2D eigenvalue weighted by atomic mass is 9.92. The molecule has 0 radical (unpaired) electrons. The molecule has 108 valence electrons. The van der Waals surface area contributed by atoms with E-state index in [0.717, 1.165) is 0 Å². The summed E-state index contributed by atoms with van der Waals surface area (Å²) in [4.78, 5) is 34.3. The van der Waals surface area contributed by atoms with Crippen LogP contribution in [0.1, 0.15) is 40.5 Å². The molecule has 1 aliphatic rings. The van der Waals surface area contributed by atoms with Crippen molar-refractivity contribution in [2.45, 2.75) is 51.7 Å². The molecule has 19 heavy (non-hydrogen) atoms. The number of hydrogen-bond donors (Lipinski definition) is 3. The van der Waals surface area contributed by atoms with Gasteiger partial charge in [0.05, 0.1) is 0 Å². The van der Waals surface area contributed by atoms with Crippen molar-refractivity contribution in [3.63, 3.8) is 0 Å². The van der Waals surface area contributed by atoms with Gasteiger partial charge in [0.2, 0.25) is 0 Å². The lowest BCUT2D eigenvalue weighted by Crippen LogP contribution is -2.48. The molecular formula is C12H21N3O4. The summed E-state index contributed by atoms with van der Waals surface area (Å²) < 4.78 is 5.08. The number of imide groups is 1. The van der Waals surface area contributed by atoms with Gasteiger partial charge < -0.3 is 15.4 Å². The highest BCUT2D eigenvalue weighted by atomic mass is 16.6. The van der Waals surface area contributed by atoms with Crippen LogP contribution in [0.5, 0.6) is 0 Å². The molecule has 7 heteroatoms. The van der Waals surface area contributed by atoms with Crippen LogP contribution in [0.25, 0.3) is 0 Å². The summed E-state index contributed by atoms with van der Waals surface area (Å²) in [6.07, 6.45) is 0.240. The quantitative estimate of drug-likeness (QED) is 0.661. The SMILES string of the molecule is CCC1(CCNC(=O)OC(C)(C)C)NC(=O)NC1=O. The molecular weight excluding hydrogens is 250 g/mol. The van der Waals surface area contributed by atoms with E-state index in [-0.39, 0.29) is 12.5 Å². The third-order valence-corrected chi connectivity index (χ3v) is 2.84. The molecule has 1 aliphatic heterocycles. The van der Waals surface area contributed by atoms with E-state index in [9.17, 15) is 14.4 Å². The highest BCUT2D eigenvalue weighted by Gasteiger charge is 2.44. The molecule has 7 nitrogen and oxygen atoms in total. The zero-order chi connectivity index (χ0) is 14.7. The first-order valence-corrected chi connectivity index (χ1v) is 6.29. The molecule has 0 aliphatic carbocycles. The van der Waals surface area contributed by atoms with Crippen LogP contribution in [0.3, 0.4) is 0 Å². The molecule has 0 saturated carbocycles. The minimum Gasteiger partial charge on any atom is -0.444 e. The Morgan fingerprint density at radius 1 is 1.37 bits per heavy atom. The number of urea groups is 1. The number of nitrogens with one attached hydrogen (secondary N) is 3. The summed E-state index contributed by atoms with van der Waals surface area (Å²) >= 11 is 0. The fourth-order valence-electron chi connectivity index (χ4n) is 1.82. The monoisotopic (exact) mass is 271 g/mol. The molecule has 0 aromatic rings. The summed E-state index contributed by atoms with van der Waals surface area (Å²) in [5.41, 5.74) is -1.50. The lowest BCUT2D eigenvalue weighted by molar-refractivity contribution is -0.124. The van der Waals surface area contributed by atoms with Crippen molar-refractivity contribution < 1.29 is 19.1 Å². The van der Waals surface area contributed by atoms with E-state index in [0.29, 0.717) is 12.8 Å². The van der Waals surface area contributed by atoms with Gasteiger partial charge >= 0.3 is 12.1 Å². The van der Waals surface area contributed by atoms with Gasteiger partial charge in [-0.3, -0.25) is 10.1 Å². The summed E-state index contributed by atoms with van der Waals surface area (Å²) in [6.45, 7) is 7.36. The van der Waals surface area contributed by atoms with E-state index in [4.69, 9.17) is 4.74 Å². The van der Waals surface area contributed by atoms with Gasteiger partial charge in [0, 0.05) is 6.54 Å². The van der Waals surface area contributed by atoms with Crippen molar-refractivity contribution >= 4 is 18.0 Å². The van der Waals surface area contributed by atoms with Gasteiger partial charge in [0.1, 0.15) is 11.1 Å². The summed E-state index contributed by atoms with van der Waals surface area (Å²) in [5, 5.41) is 7.37. The number of rotatable bonds is 4. The predicted octanol–water partition coefficient (Wildman–Crippen LogP) is 0.889. The van der Waals surface area contributed by atoms with Gasteiger partial charge in [-0.15, -0.1) is 0 Å². The Bertz CT molecular complexity index is 389. The summed E-state index contributed by atoms with van der Waals surface area (Å²) in [6, 6.07) is -0.496. The molecule has 3 N–H and O–H groups in total. The maximum absolute atomic E-state index is 11.7. The van der Waals surface area contributed by atoms with Crippen LogP contribution in [-0.4, -0.2) is 35.7 Å². The van der Waals surface area contributed by atoms with Crippen LogP contribution in [-0.2, 0) is 9.53 Å². The second-order valence-electron chi connectivity index (χ2n) is 5.52. The van der Waals surface area contributed by atoms with Crippen LogP contribution in [0.2, 0.25) is 0 Å². The van der Waals surface area contributed by atoms with Crippen LogP contribution in [0.4, 0.5) is 9.59 Å². The number of amides is 4. The van der Waals surface area contributed by atoms with Crippen molar-refractivity contribution in [2.75, 3.05) is 6.54 Å². The normalized spacial score (nSPS) is 22.7. The first-order valence-electron chi connectivity index (χ1n) is 6.29. The van der Waals surface area contributed by atoms with Gasteiger partial charge in [-0.1, -0.05) is 6.92 Å². The first kappa shape index (κ1) is 15.3. The predicted molar refractivity (Wildman–Crippen MR) is 68.6 cm³/mol. The zero-order valence-corrected chi connectivity index (χ0v) is 11.8. The number of carbonyl (C=O) groups is 3. The zero-order valence-electron chi connectivity index (χ0n) is 11.8. The second-order valence-corrected chi connectivity index (χ2v) is 5.52. The molecule has 0 aromatic heterocycles. The van der Waals surface area contributed by atoms with Gasteiger partial charge in [-0.05, 0) is 33.6 Å². The second kappa shape index (κ2) is 5.46. The highest BCUT2D eigenvalue weighted by molar-refractivity contribution is 6.06. The number of carbonyl (C=O) groups excluding carboxylic acids is 3. The molecule has 1 unspecified atom stereocenters. The van der Waals surface area contributed by atoms with Crippen LogP contribution in [0, 0.1) is 0 Å². The fourth-order valence-corrected chi connectivity index (χ4v) is 1.82. The molecule has 1 rings (SSSR count). The Kier molecular flexibility index (Phi) is 4.39. The van der Waals surface area contributed by atoms with E-state index < -0.39 is 23.3 Å². The van der Waals surface area contributed by atoms with Crippen LogP contribution in [0.15, 0.2) is 0 Å². The molecule has 4 amide bonds. The Labute approximate surface area is 112 Å². The maximum atomic E-state index is 11.7. The van der Waals surface area contributed by atoms with Crippen molar-refractivity contribution in [3.8, 4) is 0 Å². The van der Waals surface area contributed by atoms with Crippen molar-refractivity contribution in [3.05, 3.63) is 0 Å². The number of ether oxygens (including phenoxy) is 1. The molecule has 1 fully saturated rings. The van der Waals surface area contributed by atoms with E-state index in [1.807, 2.05) is 0 Å². The molecule has 1 atom stereocenters. The topological polar surface area (TPSA) is 96.5 Å². The number of alkyl carbamates (subject to hydrolysis) is 1. The van der Waals surface area contributed by atoms with Crippen LogP contribution >= 0.6 is 0 Å². The Morgan fingerprint density at radius 3 is 2.42 bits per heavy atom. The fraction of sp³-hybridized carbons (Fsp3) is 0.750. The first-order chi connectivity index (χ1) is 8.68. The van der Waals surface area contributed by atoms with Gasteiger partial charge in [0.15, 0.2) is 0 Å². The third kappa shape index (κ3) is 4.11. The van der Waals surface area contributed by atoms with E-state index >= 15 is 0 Å². The van der Waals surface area contributed by atoms with E-state index in [1.165, 1.54) is 0 Å². The van der Waals surface area contributed by atoms with E-state index in [2.05, 4.69) is 16.0 Å². The maximum Gasteiger partial charge on any atom is 0.407 e. The lowest BCUT2D eigenvalue weighted by Gasteiger charge is -2.25. The smallest absolute Gasteiger partial charge is 0.407 e. The molecule has 0 bridgehead atoms. The minimum absolute atomic E-state index is 0.246. The standard InChI is InChI=1S/C12H21N3O4/c1-5-12(8(16)14-9(17)15-12)6-7-13-10(18)19-11(2,3)4/h5-7H2,1-4H3,(H,13,18)(H2,14,15,16,17). The Hall–Kier alpha value is -1.79. The average Bonchev–Trinajstić information content (AvgIpc) is 2.51. The Morgan fingerprint density at radius 2 is 2.00 bits per heavy atom. The third-order valence-electron chi connectivity index (χ3n) is 2.84. The van der Waals surface area contributed by atoms with Gasteiger partial charge in [-0.2, -0.15) is 0 Å². The van der Waals surface area contributed by atoms with Gasteiger partial charge in [0.25, 0.3) is 5.91 Å². The largest absolute Gasteiger partial charge is 0.444 e. The number of hydrogen-bond acceptors (Lipinski definition) is 4. The molecule has 1 saturated heterocycles. The summed E-state index contributed by atoms with van der Waals surface area (Å²) in [7, 11) is 0. The molecule has 0 spiro atoms. The van der Waals surface area contributed by atoms with Crippen molar-refractivity contribution in [2.24, 2.45) is 0 Å². The summed E-state index contributed by atoms with van der Waals surface area (Å²) in [5.74, 6) is -0.356. The van der Waals surface area contributed by atoms with E-state index in [1.54, 1.807) is 27.7 Å².